The molecule has 1 aromatic carbocycles. The number of hydrogen-bond acceptors (Lipinski definition) is 3. The number of carbonyl (C=O) groups is 1. The third kappa shape index (κ3) is 3.39. The van der Waals surface area contributed by atoms with Gasteiger partial charge in [-0.2, -0.15) is 0 Å². The zero-order chi connectivity index (χ0) is 17.2. The van der Waals surface area contributed by atoms with E-state index in [1.807, 2.05) is 55.1 Å². The van der Waals surface area contributed by atoms with Crippen LogP contribution in [0.15, 0.2) is 48.8 Å². The zero-order valence-corrected chi connectivity index (χ0v) is 14.7. The second-order valence-electron chi connectivity index (χ2n) is 6.57. The number of halogens is 1. The van der Waals surface area contributed by atoms with Crippen LogP contribution in [0.5, 0.6) is 5.75 Å². The summed E-state index contributed by atoms with van der Waals surface area (Å²) in [6.45, 7) is 5.12. The van der Waals surface area contributed by atoms with Crippen molar-refractivity contribution in [2.24, 2.45) is 0 Å². The normalized spacial score (nSPS) is 17.8. The highest BCUT2D eigenvalue weighted by molar-refractivity contribution is 6.31. The maximum atomic E-state index is 13.0. The molecule has 0 aliphatic carbocycles. The molecule has 1 unspecified atom stereocenters. The number of aromatic nitrogens is 1. The molecule has 3 rings (SSSR count). The van der Waals surface area contributed by atoms with Crippen molar-refractivity contribution >= 4 is 17.5 Å². The van der Waals surface area contributed by atoms with Gasteiger partial charge in [0.15, 0.2) is 0 Å². The molecule has 1 aliphatic heterocycles. The molecule has 0 radical (unpaired) electrons. The van der Waals surface area contributed by atoms with Gasteiger partial charge in [-0.15, -0.1) is 0 Å². The fraction of sp³-hybridized carbons (Fsp3) is 0.368. The van der Waals surface area contributed by atoms with E-state index in [-0.39, 0.29) is 12.0 Å². The van der Waals surface area contributed by atoms with E-state index in [9.17, 15) is 4.79 Å². The topological polar surface area (TPSA) is 42.4 Å². The van der Waals surface area contributed by atoms with E-state index in [0.29, 0.717) is 18.1 Å². The van der Waals surface area contributed by atoms with Gasteiger partial charge in [-0.1, -0.05) is 29.8 Å². The standard InChI is InChI=1S/C19H21ClN2O2/c1-19(2,16-7-3-4-8-17(16)20)18(23)22-11-9-15(13-22)24-14-6-5-10-21-12-14/h3-8,10,12,15H,9,11,13H2,1-2H3. The Morgan fingerprint density at radius 1 is 1.29 bits per heavy atom. The highest BCUT2D eigenvalue weighted by atomic mass is 35.5. The summed E-state index contributed by atoms with van der Waals surface area (Å²) in [7, 11) is 0. The van der Waals surface area contributed by atoms with Gasteiger partial charge in [-0.25, -0.2) is 0 Å². The van der Waals surface area contributed by atoms with Gasteiger partial charge in [0.25, 0.3) is 0 Å². The van der Waals surface area contributed by atoms with Gasteiger partial charge >= 0.3 is 0 Å². The molecule has 0 bridgehead atoms. The molecule has 4 nitrogen and oxygen atoms in total. The van der Waals surface area contributed by atoms with Crippen molar-refractivity contribution in [3.05, 3.63) is 59.4 Å². The molecule has 0 spiro atoms. The SMILES string of the molecule is CC(C)(C(=O)N1CCC(Oc2cccnc2)C1)c1ccccc1Cl. The fourth-order valence-corrected chi connectivity index (χ4v) is 3.47. The summed E-state index contributed by atoms with van der Waals surface area (Å²) in [5.41, 5.74) is 0.190. The molecule has 2 heterocycles. The van der Waals surface area contributed by atoms with E-state index in [0.717, 1.165) is 17.7 Å². The Hall–Kier alpha value is -2.07. The number of benzene rings is 1. The Balaban J connectivity index is 1.69. The maximum absolute atomic E-state index is 13.0. The average Bonchev–Trinajstić information content (AvgIpc) is 3.03. The summed E-state index contributed by atoms with van der Waals surface area (Å²) in [5, 5.41) is 0.623. The fourth-order valence-electron chi connectivity index (χ4n) is 3.10. The number of rotatable bonds is 4. The van der Waals surface area contributed by atoms with Gasteiger partial charge in [0.1, 0.15) is 11.9 Å². The van der Waals surface area contributed by atoms with Gasteiger partial charge in [0.05, 0.1) is 18.2 Å². The molecule has 2 aromatic rings. The van der Waals surface area contributed by atoms with Crippen LogP contribution in [-0.4, -0.2) is 35.0 Å². The molecular formula is C19H21ClN2O2. The van der Waals surface area contributed by atoms with Crippen LogP contribution in [0.1, 0.15) is 25.8 Å². The summed E-state index contributed by atoms with van der Waals surface area (Å²) in [4.78, 5) is 18.9. The Kier molecular flexibility index (Phi) is 4.76. The monoisotopic (exact) mass is 344 g/mol. The first-order valence-corrected chi connectivity index (χ1v) is 8.47. The minimum absolute atomic E-state index is 0.000181. The molecule has 0 N–H and O–H groups in total. The van der Waals surface area contributed by atoms with Crippen LogP contribution in [0, 0.1) is 0 Å². The van der Waals surface area contributed by atoms with Crippen LogP contribution in [-0.2, 0) is 10.2 Å². The molecule has 1 saturated heterocycles. The highest BCUT2D eigenvalue weighted by Crippen LogP contribution is 2.32. The predicted octanol–water partition coefficient (Wildman–Crippen LogP) is 3.69. The number of ether oxygens (including phenoxy) is 1. The quantitative estimate of drug-likeness (QED) is 0.849. The maximum Gasteiger partial charge on any atom is 0.232 e. The molecule has 1 atom stereocenters. The lowest BCUT2D eigenvalue weighted by Crippen LogP contribution is -2.43. The molecule has 1 aromatic heterocycles. The Labute approximate surface area is 147 Å². The van der Waals surface area contributed by atoms with E-state index in [1.165, 1.54) is 0 Å². The van der Waals surface area contributed by atoms with Crippen molar-refractivity contribution in [2.75, 3.05) is 13.1 Å². The van der Waals surface area contributed by atoms with Gasteiger partial charge in [-0.05, 0) is 37.6 Å². The molecular weight excluding hydrogens is 324 g/mol. The predicted molar refractivity (Wildman–Crippen MR) is 94.3 cm³/mol. The number of pyridine rings is 1. The highest BCUT2D eigenvalue weighted by Gasteiger charge is 2.38. The first-order chi connectivity index (χ1) is 11.5. The molecule has 1 fully saturated rings. The van der Waals surface area contributed by atoms with Crippen LogP contribution in [0.25, 0.3) is 0 Å². The minimum atomic E-state index is -0.665. The minimum Gasteiger partial charge on any atom is -0.487 e. The Morgan fingerprint density at radius 3 is 2.79 bits per heavy atom. The Morgan fingerprint density at radius 2 is 2.08 bits per heavy atom. The summed E-state index contributed by atoms with van der Waals surface area (Å²) in [5.74, 6) is 0.815. The number of carbonyl (C=O) groups excluding carboxylic acids is 1. The summed E-state index contributed by atoms with van der Waals surface area (Å²) in [6.07, 6.45) is 4.22. The zero-order valence-electron chi connectivity index (χ0n) is 13.9. The Bertz CT molecular complexity index is 718. The van der Waals surface area contributed by atoms with Crippen LogP contribution in [0.2, 0.25) is 5.02 Å². The molecule has 1 aliphatic rings. The third-order valence-corrected chi connectivity index (χ3v) is 4.78. The van der Waals surface area contributed by atoms with Crippen molar-refractivity contribution < 1.29 is 9.53 Å². The largest absolute Gasteiger partial charge is 0.487 e. The van der Waals surface area contributed by atoms with E-state index >= 15 is 0 Å². The molecule has 24 heavy (non-hydrogen) atoms. The summed E-state index contributed by atoms with van der Waals surface area (Å²) < 4.78 is 5.92. The van der Waals surface area contributed by atoms with E-state index in [4.69, 9.17) is 16.3 Å². The van der Waals surface area contributed by atoms with E-state index in [1.54, 1.807) is 12.4 Å². The first kappa shape index (κ1) is 16.8. The lowest BCUT2D eigenvalue weighted by Gasteiger charge is -2.30. The summed E-state index contributed by atoms with van der Waals surface area (Å²) in [6, 6.07) is 11.2. The van der Waals surface area contributed by atoms with Crippen LogP contribution < -0.4 is 4.74 Å². The second kappa shape index (κ2) is 6.81. The van der Waals surface area contributed by atoms with Gasteiger partial charge in [-0.3, -0.25) is 9.78 Å². The van der Waals surface area contributed by atoms with Crippen molar-refractivity contribution in [2.45, 2.75) is 31.8 Å². The second-order valence-corrected chi connectivity index (χ2v) is 6.98. The average molecular weight is 345 g/mol. The summed E-state index contributed by atoms with van der Waals surface area (Å²) >= 11 is 6.29. The van der Waals surface area contributed by atoms with Crippen LogP contribution in [0.3, 0.4) is 0 Å². The van der Waals surface area contributed by atoms with Gasteiger partial charge < -0.3 is 9.64 Å². The number of hydrogen-bond donors (Lipinski definition) is 0. The van der Waals surface area contributed by atoms with Gasteiger partial charge in [0.2, 0.25) is 5.91 Å². The first-order valence-electron chi connectivity index (χ1n) is 8.09. The molecule has 126 valence electrons. The van der Waals surface area contributed by atoms with E-state index < -0.39 is 5.41 Å². The van der Waals surface area contributed by atoms with Crippen molar-refractivity contribution in [1.82, 2.24) is 9.88 Å². The van der Waals surface area contributed by atoms with Gasteiger partial charge in [0, 0.05) is 24.2 Å². The number of nitrogens with zero attached hydrogens (tertiary/aromatic N) is 2. The number of amides is 1. The molecule has 5 heteroatoms. The number of likely N-dealkylation sites (tertiary alicyclic amines) is 1. The van der Waals surface area contributed by atoms with Crippen molar-refractivity contribution in [3.8, 4) is 5.75 Å². The van der Waals surface area contributed by atoms with Crippen LogP contribution in [0.4, 0.5) is 0 Å². The van der Waals surface area contributed by atoms with Crippen LogP contribution >= 0.6 is 11.6 Å². The smallest absolute Gasteiger partial charge is 0.232 e. The van der Waals surface area contributed by atoms with Crippen molar-refractivity contribution in [3.63, 3.8) is 0 Å². The molecule has 0 saturated carbocycles. The lowest BCUT2D eigenvalue weighted by atomic mass is 9.83. The lowest BCUT2D eigenvalue weighted by molar-refractivity contribution is -0.135. The molecule has 1 amide bonds. The van der Waals surface area contributed by atoms with Crippen molar-refractivity contribution in [1.29, 1.82) is 0 Å². The third-order valence-electron chi connectivity index (χ3n) is 4.45. The van der Waals surface area contributed by atoms with E-state index in [2.05, 4.69) is 4.98 Å².